The van der Waals surface area contributed by atoms with Gasteiger partial charge in [-0.15, -0.1) is 0 Å². The number of nitrogens with one attached hydrogen (secondary N) is 2. The number of nitrogens with two attached hydrogens (primary N) is 1. The topological polar surface area (TPSA) is 84.2 Å². The Balaban J connectivity index is 1.79. The van der Waals surface area contributed by atoms with Crippen molar-refractivity contribution in [3.8, 4) is 0 Å². The smallest absolute Gasteiger partial charge is 0.257 e. The van der Waals surface area contributed by atoms with Crippen LogP contribution in [0.3, 0.4) is 0 Å². The van der Waals surface area contributed by atoms with Crippen molar-refractivity contribution in [3.63, 3.8) is 0 Å². The first-order valence-corrected chi connectivity index (χ1v) is 7.36. The molecule has 0 radical (unpaired) electrons. The van der Waals surface area contributed by atoms with Gasteiger partial charge in [-0.05, 0) is 35.9 Å². The van der Waals surface area contributed by atoms with Crippen molar-refractivity contribution >= 4 is 40.4 Å². The molecule has 2 amide bonds. The van der Waals surface area contributed by atoms with E-state index in [1.807, 2.05) is 24.3 Å². The lowest BCUT2D eigenvalue weighted by Crippen LogP contribution is -2.13. The van der Waals surface area contributed by atoms with Gasteiger partial charge in [-0.1, -0.05) is 23.7 Å². The van der Waals surface area contributed by atoms with Gasteiger partial charge in [0, 0.05) is 28.2 Å². The summed E-state index contributed by atoms with van der Waals surface area (Å²) < 4.78 is 0. The fourth-order valence-electron chi connectivity index (χ4n) is 2.38. The molecule has 2 aromatic carbocycles. The minimum atomic E-state index is -0.371. The van der Waals surface area contributed by atoms with Crippen molar-refractivity contribution in [2.24, 2.45) is 5.73 Å². The Morgan fingerprint density at radius 3 is 2.65 bits per heavy atom. The van der Waals surface area contributed by atoms with Gasteiger partial charge in [0.15, 0.2) is 0 Å². The molecule has 1 heterocycles. The van der Waals surface area contributed by atoms with Gasteiger partial charge >= 0.3 is 0 Å². The minimum Gasteiger partial charge on any atom is -0.369 e. The van der Waals surface area contributed by atoms with Crippen molar-refractivity contribution in [3.05, 3.63) is 64.8 Å². The molecule has 0 fully saturated rings. The number of halogens is 1. The van der Waals surface area contributed by atoms with E-state index in [0.29, 0.717) is 10.6 Å². The van der Waals surface area contributed by atoms with E-state index in [1.165, 1.54) is 0 Å². The molecule has 6 heteroatoms. The SMILES string of the molecule is NC(=O)Cc1ccc(NC=C2C(=O)Nc3ccc(Cl)cc32)cc1. The first-order chi connectivity index (χ1) is 11.0. The van der Waals surface area contributed by atoms with Gasteiger partial charge in [0.25, 0.3) is 5.91 Å². The standard InChI is InChI=1S/C17H14ClN3O2/c18-11-3-6-15-13(8-11)14(17(23)21-15)9-20-12-4-1-10(2-5-12)7-16(19)22/h1-6,8-9,20H,7H2,(H2,19,22)(H,21,23). The zero-order chi connectivity index (χ0) is 16.4. The Bertz CT molecular complexity index is 813. The van der Waals surface area contributed by atoms with Crippen LogP contribution in [-0.2, 0) is 16.0 Å². The van der Waals surface area contributed by atoms with Gasteiger partial charge in [-0.2, -0.15) is 0 Å². The molecule has 4 N–H and O–H groups in total. The van der Waals surface area contributed by atoms with Crippen LogP contribution in [0.2, 0.25) is 5.02 Å². The molecule has 116 valence electrons. The summed E-state index contributed by atoms with van der Waals surface area (Å²) in [7, 11) is 0. The zero-order valence-corrected chi connectivity index (χ0v) is 12.9. The second-order valence-corrected chi connectivity index (χ2v) is 5.62. The van der Waals surface area contributed by atoms with Crippen molar-refractivity contribution in [2.75, 3.05) is 10.6 Å². The molecule has 0 bridgehead atoms. The molecule has 0 spiro atoms. The van der Waals surface area contributed by atoms with Crippen molar-refractivity contribution in [1.82, 2.24) is 0 Å². The van der Waals surface area contributed by atoms with Crippen LogP contribution in [0.5, 0.6) is 0 Å². The second kappa shape index (κ2) is 6.14. The third kappa shape index (κ3) is 3.35. The van der Waals surface area contributed by atoms with E-state index in [2.05, 4.69) is 10.6 Å². The number of benzene rings is 2. The van der Waals surface area contributed by atoms with E-state index in [4.69, 9.17) is 17.3 Å². The Morgan fingerprint density at radius 1 is 1.22 bits per heavy atom. The normalized spacial score (nSPS) is 14.5. The largest absolute Gasteiger partial charge is 0.369 e. The summed E-state index contributed by atoms with van der Waals surface area (Å²) >= 11 is 5.99. The number of hydrogen-bond donors (Lipinski definition) is 3. The number of carbonyl (C=O) groups is 2. The molecule has 0 aliphatic carbocycles. The maximum atomic E-state index is 12.0. The van der Waals surface area contributed by atoms with Crippen molar-refractivity contribution in [1.29, 1.82) is 0 Å². The van der Waals surface area contributed by atoms with Crippen LogP contribution in [-0.4, -0.2) is 11.8 Å². The van der Waals surface area contributed by atoms with Crippen LogP contribution in [0.25, 0.3) is 5.57 Å². The quantitative estimate of drug-likeness (QED) is 0.755. The second-order valence-electron chi connectivity index (χ2n) is 5.19. The van der Waals surface area contributed by atoms with E-state index in [-0.39, 0.29) is 18.2 Å². The number of carbonyl (C=O) groups excluding carboxylic acids is 2. The summed E-state index contributed by atoms with van der Waals surface area (Å²) in [4.78, 5) is 22.9. The van der Waals surface area contributed by atoms with Gasteiger partial charge in [0.1, 0.15) is 0 Å². The van der Waals surface area contributed by atoms with Gasteiger partial charge < -0.3 is 16.4 Å². The molecule has 0 saturated heterocycles. The van der Waals surface area contributed by atoms with Crippen LogP contribution in [0, 0.1) is 0 Å². The molecule has 0 aromatic heterocycles. The van der Waals surface area contributed by atoms with Gasteiger partial charge in [0.2, 0.25) is 5.91 Å². The van der Waals surface area contributed by atoms with E-state index >= 15 is 0 Å². The minimum absolute atomic E-state index is 0.180. The predicted octanol–water partition coefficient (Wildman–Crippen LogP) is 2.77. The monoisotopic (exact) mass is 327 g/mol. The third-order valence-corrected chi connectivity index (χ3v) is 3.72. The van der Waals surface area contributed by atoms with E-state index in [1.54, 1.807) is 24.4 Å². The molecule has 0 atom stereocenters. The lowest BCUT2D eigenvalue weighted by Gasteiger charge is -2.04. The van der Waals surface area contributed by atoms with Crippen LogP contribution in [0.15, 0.2) is 48.7 Å². The zero-order valence-electron chi connectivity index (χ0n) is 12.1. The lowest BCUT2D eigenvalue weighted by molar-refractivity contribution is -0.117. The summed E-state index contributed by atoms with van der Waals surface area (Å²) in [5.74, 6) is -0.552. The summed E-state index contributed by atoms with van der Waals surface area (Å²) in [6.07, 6.45) is 1.84. The fraction of sp³-hybridized carbons (Fsp3) is 0.0588. The lowest BCUT2D eigenvalue weighted by atomic mass is 10.1. The summed E-state index contributed by atoms with van der Waals surface area (Å²) in [6.45, 7) is 0. The van der Waals surface area contributed by atoms with Crippen molar-refractivity contribution in [2.45, 2.75) is 6.42 Å². The average Bonchev–Trinajstić information content (AvgIpc) is 2.81. The molecule has 0 unspecified atom stereocenters. The van der Waals surface area contributed by atoms with Crippen LogP contribution in [0.1, 0.15) is 11.1 Å². The van der Waals surface area contributed by atoms with E-state index in [9.17, 15) is 9.59 Å². The number of amides is 2. The highest BCUT2D eigenvalue weighted by molar-refractivity contribution is 6.34. The highest BCUT2D eigenvalue weighted by atomic mass is 35.5. The Kier molecular flexibility index (Phi) is 4.04. The number of primary amides is 1. The van der Waals surface area contributed by atoms with Gasteiger partial charge in [0.05, 0.1) is 12.0 Å². The molecule has 0 saturated carbocycles. The summed E-state index contributed by atoms with van der Waals surface area (Å²) in [6, 6.07) is 12.5. The molecule has 2 aromatic rings. The molecule has 1 aliphatic rings. The van der Waals surface area contributed by atoms with Gasteiger partial charge in [-0.25, -0.2) is 0 Å². The third-order valence-electron chi connectivity index (χ3n) is 3.48. The molecule has 1 aliphatic heterocycles. The van der Waals surface area contributed by atoms with Crippen molar-refractivity contribution < 1.29 is 9.59 Å². The van der Waals surface area contributed by atoms with E-state index < -0.39 is 0 Å². The highest BCUT2D eigenvalue weighted by Crippen LogP contribution is 2.33. The Labute approximate surface area is 138 Å². The summed E-state index contributed by atoms with van der Waals surface area (Å²) in [5.41, 5.74) is 8.82. The maximum absolute atomic E-state index is 12.0. The number of anilines is 2. The molecule has 5 nitrogen and oxygen atoms in total. The fourth-order valence-corrected chi connectivity index (χ4v) is 2.55. The molecule has 23 heavy (non-hydrogen) atoms. The Hall–Kier alpha value is -2.79. The number of hydrogen-bond acceptors (Lipinski definition) is 3. The first kappa shape index (κ1) is 15.1. The van der Waals surface area contributed by atoms with Crippen LogP contribution in [0.4, 0.5) is 11.4 Å². The molecular weight excluding hydrogens is 314 g/mol. The van der Waals surface area contributed by atoms with Crippen LogP contribution >= 0.6 is 11.6 Å². The highest BCUT2D eigenvalue weighted by Gasteiger charge is 2.24. The maximum Gasteiger partial charge on any atom is 0.257 e. The predicted molar refractivity (Wildman–Crippen MR) is 91.0 cm³/mol. The van der Waals surface area contributed by atoms with E-state index in [0.717, 1.165) is 22.5 Å². The number of rotatable bonds is 4. The molecular formula is C17H14ClN3O2. The summed E-state index contributed by atoms with van der Waals surface area (Å²) in [5, 5.41) is 6.43. The number of fused-ring (bicyclic) bond motifs is 1. The molecule has 3 rings (SSSR count). The average molecular weight is 328 g/mol. The first-order valence-electron chi connectivity index (χ1n) is 6.98. The van der Waals surface area contributed by atoms with Crippen LogP contribution < -0.4 is 16.4 Å². The van der Waals surface area contributed by atoms with Gasteiger partial charge in [-0.3, -0.25) is 9.59 Å². The Morgan fingerprint density at radius 2 is 1.96 bits per heavy atom.